The summed E-state index contributed by atoms with van der Waals surface area (Å²) >= 11 is 0. The van der Waals surface area contributed by atoms with Gasteiger partial charge in [0.05, 0.1) is 24.7 Å². The molecule has 3 rings (SSSR count). The van der Waals surface area contributed by atoms with Gasteiger partial charge in [0.1, 0.15) is 17.3 Å². The van der Waals surface area contributed by atoms with Crippen molar-refractivity contribution in [1.29, 1.82) is 0 Å². The predicted octanol–water partition coefficient (Wildman–Crippen LogP) is 4.23. The number of aromatic nitrogens is 1. The van der Waals surface area contributed by atoms with E-state index < -0.39 is 11.7 Å². The van der Waals surface area contributed by atoms with E-state index in [-0.39, 0.29) is 11.4 Å². The van der Waals surface area contributed by atoms with Gasteiger partial charge in [0.25, 0.3) is 5.91 Å². The van der Waals surface area contributed by atoms with Gasteiger partial charge in [-0.25, -0.2) is 9.37 Å². The molecule has 0 bridgehead atoms. The van der Waals surface area contributed by atoms with Crippen molar-refractivity contribution in [3.8, 4) is 5.75 Å². The van der Waals surface area contributed by atoms with Crippen LogP contribution in [0.5, 0.6) is 5.75 Å². The molecule has 5 nitrogen and oxygen atoms in total. The zero-order chi connectivity index (χ0) is 17.6. The lowest BCUT2D eigenvalue weighted by molar-refractivity contribution is 0.102. The third-order valence-corrected chi connectivity index (χ3v) is 3.48. The maximum atomic E-state index is 13.6. The average molecular weight is 337 g/mol. The molecule has 0 aliphatic rings. The van der Waals surface area contributed by atoms with E-state index in [4.69, 9.17) is 4.74 Å². The number of rotatable bonds is 5. The number of amides is 1. The van der Waals surface area contributed by atoms with Crippen LogP contribution in [0.4, 0.5) is 21.5 Å². The van der Waals surface area contributed by atoms with E-state index in [0.29, 0.717) is 0 Å². The van der Waals surface area contributed by atoms with Crippen LogP contribution in [0.2, 0.25) is 0 Å². The van der Waals surface area contributed by atoms with E-state index in [9.17, 15) is 9.18 Å². The second-order valence-corrected chi connectivity index (χ2v) is 5.22. The Hall–Kier alpha value is -3.41. The van der Waals surface area contributed by atoms with Crippen molar-refractivity contribution in [2.45, 2.75) is 0 Å². The molecule has 1 aromatic heterocycles. The van der Waals surface area contributed by atoms with Gasteiger partial charge in [-0.05, 0) is 36.4 Å². The summed E-state index contributed by atoms with van der Waals surface area (Å²) in [4.78, 5) is 16.3. The molecule has 126 valence electrons. The standard InChI is InChI=1S/C19H16FN3O2/c1-25-15-6-4-5-13(11-15)22-14-9-10-18(21-12-14)19(24)23-17-8-3-2-7-16(17)20/h2-12,22H,1H3,(H,23,24). The number of halogens is 1. The first-order valence-corrected chi connectivity index (χ1v) is 7.59. The van der Waals surface area contributed by atoms with Crippen LogP contribution < -0.4 is 15.4 Å². The van der Waals surface area contributed by atoms with Gasteiger partial charge in [-0.3, -0.25) is 4.79 Å². The predicted molar refractivity (Wildman–Crippen MR) is 94.9 cm³/mol. The van der Waals surface area contributed by atoms with Gasteiger partial charge in [0, 0.05) is 11.8 Å². The fourth-order valence-corrected chi connectivity index (χ4v) is 2.22. The summed E-state index contributed by atoms with van der Waals surface area (Å²) in [6.07, 6.45) is 1.54. The fraction of sp³-hybridized carbons (Fsp3) is 0.0526. The largest absolute Gasteiger partial charge is 0.497 e. The number of anilines is 3. The molecule has 0 saturated carbocycles. The zero-order valence-corrected chi connectivity index (χ0v) is 13.5. The third-order valence-electron chi connectivity index (χ3n) is 3.48. The van der Waals surface area contributed by atoms with Crippen LogP contribution in [0.25, 0.3) is 0 Å². The number of pyridine rings is 1. The van der Waals surface area contributed by atoms with Crippen LogP contribution in [-0.4, -0.2) is 18.0 Å². The molecule has 0 radical (unpaired) electrons. The van der Waals surface area contributed by atoms with Crippen molar-refractivity contribution >= 4 is 23.0 Å². The Labute approximate surface area is 144 Å². The summed E-state index contributed by atoms with van der Waals surface area (Å²) in [5.74, 6) is -0.232. The van der Waals surface area contributed by atoms with Gasteiger partial charge in [-0.2, -0.15) is 0 Å². The maximum absolute atomic E-state index is 13.6. The number of ether oxygens (including phenoxy) is 1. The molecule has 1 heterocycles. The van der Waals surface area contributed by atoms with Crippen LogP contribution in [0, 0.1) is 5.82 Å². The monoisotopic (exact) mass is 337 g/mol. The number of nitrogens with zero attached hydrogens (tertiary/aromatic N) is 1. The van der Waals surface area contributed by atoms with Gasteiger partial charge in [-0.15, -0.1) is 0 Å². The highest BCUT2D eigenvalue weighted by molar-refractivity contribution is 6.03. The lowest BCUT2D eigenvalue weighted by Crippen LogP contribution is -2.14. The van der Waals surface area contributed by atoms with Gasteiger partial charge in [-0.1, -0.05) is 18.2 Å². The SMILES string of the molecule is COc1cccc(Nc2ccc(C(=O)Nc3ccccc3F)nc2)c1. The summed E-state index contributed by atoms with van der Waals surface area (Å²) < 4.78 is 18.7. The molecule has 25 heavy (non-hydrogen) atoms. The smallest absolute Gasteiger partial charge is 0.274 e. The Kier molecular flexibility index (Phi) is 4.89. The van der Waals surface area contributed by atoms with Gasteiger partial charge >= 0.3 is 0 Å². The highest BCUT2D eigenvalue weighted by Crippen LogP contribution is 2.21. The van der Waals surface area contributed by atoms with Crippen LogP contribution >= 0.6 is 0 Å². The number of hydrogen-bond acceptors (Lipinski definition) is 4. The molecule has 3 aromatic rings. The van der Waals surface area contributed by atoms with Crippen LogP contribution in [0.15, 0.2) is 66.9 Å². The molecular weight excluding hydrogens is 321 g/mol. The Morgan fingerprint density at radius 2 is 1.88 bits per heavy atom. The molecule has 1 amide bonds. The van der Waals surface area contributed by atoms with E-state index in [0.717, 1.165) is 17.1 Å². The second-order valence-electron chi connectivity index (χ2n) is 5.22. The van der Waals surface area contributed by atoms with E-state index in [2.05, 4.69) is 15.6 Å². The van der Waals surface area contributed by atoms with E-state index in [1.54, 1.807) is 31.4 Å². The van der Waals surface area contributed by atoms with Crippen molar-refractivity contribution in [2.24, 2.45) is 0 Å². The third kappa shape index (κ3) is 4.11. The number of carbonyl (C=O) groups is 1. The van der Waals surface area contributed by atoms with Gasteiger partial charge in [0.15, 0.2) is 0 Å². The lowest BCUT2D eigenvalue weighted by atomic mass is 10.2. The molecule has 0 spiro atoms. The first-order valence-electron chi connectivity index (χ1n) is 7.59. The molecule has 0 saturated heterocycles. The normalized spacial score (nSPS) is 10.2. The summed E-state index contributed by atoms with van der Waals surface area (Å²) in [6, 6.07) is 16.7. The summed E-state index contributed by atoms with van der Waals surface area (Å²) in [5, 5.41) is 5.67. The number of carbonyl (C=O) groups excluding carboxylic acids is 1. The summed E-state index contributed by atoms with van der Waals surface area (Å²) in [6.45, 7) is 0. The Morgan fingerprint density at radius 3 is 2.60 bits per heavy atom. The number of methoxy groups -OCH3 is 1. The van der Waals surface area contributed by atoms with E-state index in [1.807, 2.05) is 24.3 Å². The number of benzene rings is 2. The summed E-state index contributed by atoms with van der Waals surface area (Å²) in [5.41, 5.74) is 1.87. The lowest BCUT2D eigenvalue weighted by Gasteiger charge is -2.09. The minimum atomic E-state index is -0.493. The first kappa shape index (κ1) is 16.4. The quantitative estimate of drug-likeness (QED) is 0.731. The number of hydrogen-bond donors (Lipinski definition) is 2. The van der Waals surface area contributed by atoms with E-state index in [1.165, 1.54) is 18.3 Å². The van der Waals surface area contributed by atoms with Crippen molar-refractivity contribution in [2.75, 3.05) is 17.7 Å². The summed E-state index contributed by atoms with van der Waals surface area (Å²) in [7, 11) is 1.60. The van der Waals surface area contributed by atoms with Gasteiger partial charge in [0.2, 0.25) is 0 Å². The molecular formula is C19H16FN3O2. The first-order chi connectivity index (χ1) is 12.2. The molecule has 0 aliphatic carbocycles. The van der Waals surface area contributed by atoms with Crippen LogP contribution in [0.3, 0.4) is 0 Å². The average Bonchev–Trinajstić information content (AvgIpc) is 2.64. The molecule has 6 heteroatoms. The Morgan fingerprint density at radius 1 is 1.04 bits per heavy atom. The van der Waals surface area contributed by atoms with Crippen LogP contribution in [0.1, 0.15) is 10.5 Å². The molecule has 0 aliphatic heterocycles. The molecule has 0 atom stereocenters. The van der Waals surface area contributed by atoms with Crippen molar-refractivity contribution in [1.82, 2.24) is 4.98 Å². The number of para-hydroxylation sites is 1. The molecule has 2 aromatic carbocycles. The minimum absolute atomic E-state index is 0.118. The zero-order valence-electron chi connectivity index (χ0n) is 13.5. The van der Waals surface area contributed by atoms with Crippen molar-refractivity contribution in [3.05, 3.63) is 78.4 Å². The Balaban J connectivity index is 1.69. The fourth-order valence-electron chi connectivity index (χ4n) is 2.22. The minimum Gasteiger partial charge on any atom is -0.497 e. The highest BCUT2D eigenvalue weighted by atomic mass is 19.1. The van der Waals surface area contributed by atoms with Crippen molar-refractivity contribution < 1.29 is 13.9 Å². The van der Waals surface area contributed by atoms with E-state index >= 15 is 0 Å². The molecule has 2 N–H and O–H groups in total. The van der Waals surface area contributed by atoms with Gasteiger partial charge < -0.3 is 15.4 Å². The Bertz CT molecular complexity index is 882. The number of nitrogens with one attached hydrogen (secondary N) is 2. The molecule has 0 unspecified atom stereocenters. The van der Waals surface area contributed by atoms with Crippen molar-refractivity contribution in [3.63, 3.8) is 0 Å². The van der Waals surface area contributed by atoms with Crippen LogP contribution in [-0.2, 0) is 0 Å². The molecule has 0 fully saturated rings. The topological polar surface area (TPSA) is 63.2 Å². The maximum Gasteiger partial charge on any atom is 0.274 e. The highest BCUT2D eigenvalue weighted by Gasteiger charge is 2.10. The second kappa shape index (κ2) is 7.44.